The summed E-state index contributed by atoms with van der Waals surface area (Å²) in [6.45, 7) is 5.65. The van der Waals surface area contributed by atoms with Crippen LogP contribution < -0.4 is 10.6 Å². The van der Waals surface area contributed by atoms with Gasteiger partial charge in [0.15, 0.2) is 0 Å². The van der Waals surface area contributed by atoms with E-state index in [-0.39, 0.29) is 5.91 Å². The molecule has 0 aliphatic carbocycles. The van der Waals surface area contributed by atoms with E-state index in [0.717, 1.165) is 27.3 Å². The third kappa shape index (κ3) is 2.79. The molecule has 1 amide bonds. The van der Waals surface area contributed by atoms with Gasteiger partial charge in [0, 0.05) is 25.5 Å². The first kappa shape index (κ1) is 14.0. The van der Waals surface area contributed by atoms with E-state index >= 15 is 0 Å². The van der Waals surface area contributed by atoms with Crippen molar-refractivity contribution in [2.45, 2.75) is 19.8 Å². The molecule has 6 heteroatoms. The minimum absolute atomic E-state index is 0.00819. The van der Waals surface area contributed by atoms with E-state index < -0.39 is 0 Å². The van der Waals surface area contributed by atoms with Gasteiger partial charge in [-0.1, -0.05) is 13.8 Å². The van der Waals surface area contributed by atoms with Crippen molar-refractivity contribution >= 4 is 27.5 Å². The summed E-state index contributed by atoms with van der Waals surface area (Å²) >= 11 is 1.50. The predicted molar refractivity (Wildman–Crippen MR) is 78.9 cm³/mol. The summed E-state index contributed by atoms with van der Waals surface area (Å²) < 4.78 is 1.86. The molecule has 0 atom stereocenters. The molecule has 0 aliphatic heterocycles. The quantitative estimate of drug-likeness (QED) is 0.820. The highest BCUT2D eigenvalue weighted by atomic mass is 32.1. The maximum absolute atomic E-state index is 12.0. The Bertz CT molecular complexity index is 585. The molecule has 2 rings (SSSR count). The Morgan fingerprint density at radius 1 is 1.47 bits per heavy atom. The third-order valence-electron chi connectivity index (χ3n) is 2.97. The summed E-state index contributed by atoms with van der Waals surface area (Å²) in [5.74, 6) is 0.352. The Morgan fingerprint density at radius 3 is 2.84 bits per heavy atom. The number of hydrogen-bond acceptors (Lipinski definition) is 4. The lowest BCUT2D eigenvalue weighted by atomic mass is 10.1. The third-order valence-corrected chi connectivity index (χ3v) is 4.17. The van der Waals surface area contributed by atoms with Crippen LogP contribution in [0.5, 0.6) is 0 Å². The minimum Gasteiger partial charge on any atom is -0.350 e. The number of nitrogens with one attached hydrogen (secondary N) is 2. The summed E-state index contributed by atoms with van der Waals surface area (Å²) in [5.41, 5.74) is 1.06. The van der Waals surface area contributed by atoms with Crippen LogP contribution in [0.4, 0.5) is 0 Å². The first-order valence-electron chi connectivity index (χ1n) is 6.43. The highest BCUT2D eigenvalue weighted by Crippen LogP contribution is 2.31. The molecule has 0 fully saturated rings. The standard InChI is InChI=1S/C13H20N4OS/c1-8(2)11-9-7-10(12(18)15-6-5-14-3)19-13(9)17(4)16-11/h7-8,14H,5-6H2,1-4H3,(H,15,18). The molecule has 2 aromatic heterocycles. The summed E-state index contributed by atoms with van der Waals surface area (Å²) in [5, 5.41) is 11.5. The lowest BCUT2D eigenvalue weighted by molar-refractivity contribution is 0.0958. The van der Waals surface area contributed by atoms with Crippen LogP contribution in [-0.2, 0) is 7.05 Å². The summed E-state index contributed by atoms with van der Waals surface area (Å²) in [7, 11) is 3.79. The number of rotatable bonds is 5. The van der Waals surface area contributed by atoms with Crippen LogP contribution in [0.2, 0.25) is 0 Å². The summed E-state index contributed by atoms with van der Waals surface area (Å²) in [6, 6.07) is 1.96. The fourth-order valence-corrected chi connectivity index (χ4v) is 2.99. The van der Waals surface area contributed by atoms with E-state index in [0.29, 0.717) is 12.5 Å². The second-order valence-corrected chi connectivity index (χ2v) is 5.88. The van der Waals surface area contributed by atoms with Crippen LogP contribution in [0.25, 0.3) is 10.2 Å². The SMILES string of the molecule is CNCCNC(=O)c1cc2c(C(C)C)nn(C)c2s1. The molecule has 0 radical (unpaired) electrons. The molecule has 2 heterocycles. The van der Waals surface area contributed by atoms with Gasteiger partial charge in [-0.2, -0.15) is 5.10 Å². The number of thiophene rings is 1. The van der Waals surface area contributed by atoms with Gasteiger partial charge < -0.3 is 10.6 Å². The highest BCUT2D eigenvalue weighted by Gasteiger charge is 2.17. The summed E-state index contributed by atoms with van der Waals surface area (Å²) in [4.78, 5) is 13.8. The van der Waals surface area contributed by atoms with Crippen molar-refractivity contribution in [3.05, 3.63) is 16.6 Å². The molecule has 0 bridgehead atoms. The van der Waals surface area contributed by atoms with Gasteiger partial charge >= 0.3 is 0 Å². The number of carbonyl (C=O) groups is 1. The normalized spacial score (nSPS) is 11.4. The number of likely N-dealkylation sites (N-methyl/N-ethyl adjacent to an activating group) is 1. The van der Waals surface area contributed by atoms with E-state index in [1.807, 2.05) is 24.8 Å². The highest BCUT2D eigenvalue weighted by molar-refractivity contribution is 7.20. The van der Waals surface area contributed by atoms with E-state index in [1.54, 1.807) is 0 Å². The number of nitrogens with zero attached hydrogens (tertiary/aromatic N) is 2. The molecule has 0 aliphatic rings. The fourth-order valence-electron chi connectivity index (χ4n) is 1.99. The van der Waals surface area contributed by atoms with Gasteiger partial charge in [-0.25, -0.2) is 0 Å². The van der Waals surface area contributed by atoms with Crippen molar-refractivity contribution in [1.82, 2.24) is 20.4 Å². The van der Waals surface area contributed by atoms with Gasteiger partial charge in [-0.05, 0) is 19.0 Å². The molecule has 0 saturated carbocycles. The van der Waals surface area contributed by atoms with Gasteiger partial charge in [0.1, 0.15) is 4.83 Å². The average Bonchev–Trinajstić information content (AvgIpc) is 2.90. The Hall–Kier alpha value is -1.40. The van der Waals surface area contributed by atoms with Crippen LogP contribution in [0.15, 0.2) is 6.07 Å². The molecule has 0 aromatic carbocycles. The first-order valence-corrected chi connectivity index (χ1v) is 7.25. The van der Waals surface area contributed by atoms with Crippen molar-refractivity contribution in [2.75, 3.05) is 20.1 Å². The van der Waals surface area contributed by atoms with Crippen molar-refractivity contribution in [3.63, 3.8) is 0 Å². The molecule has 19 heavy (non-hydrogen) atoms. The van der Waals surface area contributed by atoms with Crippen LogP contribution in [-0.4, -0.2) is 35.8 Å². The monoisotopic (exact) mass is 280 g/mol. The number of carbonyl (C=O) groups excluding carboxylic acids is 1. The van der Waals surface area contributed by atoms with Crippen LogP contribution >= 0.6 is 11.3 Å². The number of aryl methyl sites for hydroxylation is 1. The topological polar surface area (TPSA) is 58.9 Å². The number of hydrogen-bond donors (Lipinski definition) is 2. The fraction of sp³-hybridized carbons (Fsp3) is 0.538. The van der Waals surface area contributed by atoms with Gasteiger partial charge in [-0.3, -0.25) is 9.48 Å². The second kappa shape index (κ2) is 5.71. The van der Waals surface area contributed by atoms with Gasteiger partial charge in [0.25, 0.3) is 5.91 Å². The summed E-state index contributed by atoms with van der Waals surface area (Å²) in [6.07, 6.45) is 0. The molecule has 5 nitrogen and oxygen atoms in total. The molecule has 0 saturated heterocycles. The van der Waals surface area contributed by atoms with Crippen LogP contribution in [0, 0.1) is 0 Å². The largest absolute Gasteiger partial charge is 0.350 e. The van der Waals surface area contributed by atoms with Gasteiger partial charge in [-0.15, -0.1) is 11.3 Å². The maximum atomic E-state index is 12.0. The zero-order valence-electron chi connectivity index (χ0n) is 11.8. The number of amides is 1. The maximum Gasteiger partial charge on any atom is 0.261 e. The van der Waals surface area contributed by atoms with E-state index in [1.165, 1.54) is 11.3 Å². The lowest BCUT2D eigenvalue weighted by Crippen LogP contribution is -2.29. The Balaban J connectivity index is 2.26. The molecular formula is C13H20N4OS. The van der Waals surface area contributed by atoms with Crippen LogP contribution in [0.1, 0.15) is 35.1 Å². The minimum atomic E-state index is -0.00819. The van der Waals surface area contributed by atoms with Gasteiger partial charge in [0.05, 0.1) is 10.6 Å². The zero-order chi connectivity index (χ0) is 14.0. The predicted octanol–water partition coefficient (Wildman–Crippen LogP) is 1.71. The second-order valence-electron chi connectivity index (χ2n) is 4.85. The Kier molecular flexibility index (Phi) is 4.21. The average molecular weight is 280 g/mol. The number of fused-ring (bicyclic) bond motifs is 1. The molecular weight excluding hydrogens is 260 g/mol. The van der Waals surface area contributed by atoms with Crippen molar-refractivity contribution in [2.24, 2.45) is 7.05 Å². The molecule has 2 N–H and O–H groups in total. The Labute approximate surface area is 117 Å². The number of aromatic nitrogens is 2. The van der Waals surface area contributed by atoms with Crippen molar-refractivity contribution < 1.29 is 4.79 Å². The first-order chi connectivity index (χ1) is 9.04. The van der Waals surface area contributed by atoms with E-state index in [2.05, 4.69) is 29.6 Å². The van der Waals surface area contributed by atoms with E-state index in [4.69, 9.17) is 0 Å². The zero-order valence-corrected chi connectivity index (χ0v) is 12.6. The lowest BCUT2D eigenvalue weighted by Gasteiger charge is -2.02. The molecule has 2 aromatic rings. The van der Waals surface area contributed by atoms with Crippen LogP contribution in [0.3, 0.4) is 0 Å². The van der Waals surface area contributed by atoms with Crippen molar-refractivity contribution in [1.29, 1.82) is 0 Å². The molecule has 0 spiro atoms. The Morgan fingerprint density at radius 2 is 2.21 bits per heavy atom. The molecule has 104 valence electrons. The van der Waals surface area contributed by atoms with Crippen molar-refractivity contribution in [3.8, 4) is 0 Å². The van der Waals surface area contributed by atoms with Gasteiger partial charge in [0.2, 0.25) is 0 Å². The smallest absolute Gasteiger partial charge is 0.261 e. The van der Waals surface area contributed by atoms with E-state index in [9.17, 15) is 4.79 Å². The molecule has 0 unspecified atom stereocenters.